The summed E-state index contributed by atoms with van der Waals surface area (Å²) in [7, 11) is 1.67. The van der Waals surface area contributed by atoms with Gasteiger partial charge in [0.15, 0.2) is 5.96 Å². The summed E-state index contributed by atoms with van der Waals surface area (Å²) in [6.45, 7) is 8.10. The normalized spacial score (nSPS) is 12.2. The topological polar surface area (TPSA) is 74.8 Å². The third kappa shape index (κ3) is 7.78. The number of carbonyl (C=O) groups excluding carboxylic acids is 1. The Bertz CT molecular complexity index is 818. The molecule has 6 heteroatoms. The summed E-state index contributed by atoms with van der Waals surface area (Å²) in [4.78, 5) is 16.8. The fourth-order valence-electron chi connectivity index (χ4n) is 2.83. The van der Waals surface area contributed by atoms with Crippen LogP contribution >= 0.6 is 0 Å². The standard InChI is InChI=1S/C24H34N4O2/c1-5-18(3)23(29)28-21-9-7-8-20(16-21)17-27-24(25-6-2)26-15-14-19-10-12-22(30-4)13-11-19/h7-13,16,18H,5-6,14-15,17H2,1-4H3,(H,28,29)(H2,25,26,27). The number of benzene rings is 2. The molecule has 0 radical (unpaired) electrons. The van der Waals surface area contributed by atoms with Crippen LogP contribution in [0.4, 0.5) is 5.69 Å². The average molecular weight is 411 g/mol. The molecule has 2 rings (SSSR count). The van der Waals surface area contributed by atoms with Crippen molar-refractivity contribution in [3.63, 3.8) is 0 Å². The van der Waals surface area contributed by atoms with Gasteiger partial charge in [0, 0.05) is 24.7 Å². The lowest BCUT2D eigenvalue weighted by Crippen LogP contribution is -2.38. The van der Waals surface area contributed by atoms with Gasteiger partial charge in [-0.1, -0.05) is 38.1 Å². The van der Waals surface area contributed by atoms with Gasteiger partial charge < -0.3 is 20.7 Å². The quantitative estimate of drug-likeness (QED) is 0.409. The molecule has 0 heterocycles. The number of methoxy groups -OCH3 is 1. The van der Waals surface area contributed by atoms with Gasteiger partial charge >= 0.3 is 0 Å². The van der Waals surface area contributed by atoms with E-state index in [4.69, 9.17) is 4.74 Å². The number of rotatable bonds is 10. The van der Waals surface area contributed by atoms with Crippen molar-refractivity contribution in [1.29, 1.82) is 0 Å². The molecular formula is C24H34N4O2. The van der Waals surface area contributed by atoms with Gasteiger partial charge in [-0.25, -0.2) is 4.99 Å². The monoisotopic (exact) mass is 410 g/mol. The summed E-state index contributed by atoms with van der Waals surface area (Å²) >= 11 is 0. The fraction of sp³-hybridized carbons (Fsp3) is 0.417. The highest BCUT2D eigenvalue weighted by Gasteiger charge is 2.10. The maximum Gasteiger partial charge on any atom is 0.227 e. The molecule has 1 unspecified atom stereocenters. The zero-order chi connectivity index (χ0) is 21.8. The number of hydrogen-bond donors (Lipinski definition) is 3. The Balaban J connectivity index is 1.91. The number of nitrogens with one attached hydrogen (secondary N) is 3. The summed E-state index contributed by atoms with van der Waals surface area (Å²) in [5.41, 5.74) is 3.10. The van der Waals surface area contributed by atoms with E-state index < -0.39 is 0 Å². The van der Waals surface area contributed by atoms with Crippen molar-refractivity contribution in [3.8, 4) is 5.75 Å². The van der Waals surface area contributed by atoms with Crippen molar-refractivity contribution < 1.29 is 9.53 Å². The molecule has 0 fully saturated rings. The largest absolute Gasteiger partial charge is 0.497 e. The number of aliphatic imine (C=N–C) groups is 1. The molecule has 162 valence electrons. The number of ether oxygens (including phenoxy) is 1. The number of nitrogens with zero attached hydrogens (tertiary/aromatic N) is 1. The van der Waals surface area contributed by atoms with Crippen LogP contribution in [-0.2, 0) is 17.8 Å². The van der Waals surface area contributed by atoms with E-state index in [-0.39, 0.29) is 11.8 Å². The molecule has 2 aromatic carbocycles. The third-order valence-corrected chi connectivity index (χ3v) is 4.88. The Labute approximate surface area is 180 Å². The molecule has 30 heavy (non-hydrogen) atoms. The summed E-state index contributed by atoms with van der Waals surface area (Å²) in [5, 5.41) is 9.63. The molecule has 6 nitrogen and oxygen atoms in total. The first kappa shape index (κ1) is 23.3. The second-order valence-corrected chi connectivity index (χ2v) is 7.22. The molecule has 2 aromatic rings. The smallest absolute Gasteiger partial charge is 0.227 e. The molecule has 0 aromatic heterocycles. The van der Waals surface area contributed by atoms with Gasteiger partial charge in [-0.2, -0.15) is 0 Å². The average Bonchev–Trinajstić information content (AvgIpc) is 2.77. The summed E-state index contributed by atoms with van der Waals surface area (Å²) in [6, 6.07) is 15.9. The minimum absolute atomic E-state index is 0.00179. The second-order valence-electron chi connectivity index (χ2n) is 7.22. The predicted octanol–water partition coefficient (Wildman–Crippen LogP) is 3.98. The van der Waals surface area contributed by atoms with E-state index in [1.807, 2.05) is 57.2 Å². The highest BCUT2D eigenvalue weighted by atomic mass is 16.5. The Hall–Kier alpha value is -3.02. The molecule has 1 amide bonds. The zero-order valence-corrected chi connectivity index (χ0v) is 18.5. The Morgan fingerprint density at radius 3 is 2.50 bits per heavy atom. The van der Waals surface area contributed by atoms with Crippen LogP contribution in [0.15, 0.2) is 53.5 Å². The Kier molecular flexibility index (Phi) is 9.71. The van der Waals surface area contributed by atoms with Gasteiger partial charge in [0.25, 0.3) is 0 Å². The zero-order valence-electron chi connectivity index (χ0n) is 18.5. The number of amides is 1. The minimum atomic E-state index is 0.00179. The number of hydrogen-bond acceptors (Lipinski definition) is 3. The highest BCUT2D eigenvalue weighted by Crippen LogP contribution is 2.14. The lowest BCUT2D eigenvalue weighted by molar-refractivity contribution is -0.119. The van der Waals surface area contributed by atoms with Crippen molar-refractivity contribution in [2.45, 2.75) is 40.2 Å². The minimum Gasteiger partial charge on any atom is -0.497 e. The van der Waals surface area contributed by atoms with E-state index in [9.17, 15) is 4.79 Å². The van der Waals surface area contributed by atoms with E-state index >= 15 is 0 Å². The van der Waals surface area contributed by atoms with E-state index in [2.05, 4.69) is 33.1 Å². The van der Waals surface area contributed by atoms with Crippen molar-refractivity contribution >= 4 is 17.6 Å². The van der Waals surface area contributed by atoms with Crippen molar-refractivity contribution in [2.24, 2.45) is 10.9 Å². The van der Waals surface area contributed by atoms with Crippen molar-refractivity contribution in [3.05, 3.63) is 59.7 Å². The number of guanidine groups is 1. The van der Waals surface area contributed by atoms with E-state index in [0.717, 1.165) is 48.9 Å². The van der Waals surface area contributed by atoms with Crippen molar-refractivity contribution in [1.82, 2.24) is 10.6 Å². The van der Waals surface area contributed by atoms with Crippen LogP contribution in [0.2, 0.25) is 0 Å². The van der Waals surface area contributed by atoms with Crippen LogP contribution < -0.4 is 20.7 Å². The first-order valence-electron chi connectivity index (χ1n) is 10.6. The van der Waals surface area contributed by atoms with Gasteiger partial charge in [-0.15, -0.1) is 0 Å². The molecule has 0 aliphatic carbocycles. The maximum atomic E-state index is 12.1. The van der Waals surface area contributed by atoms with Crippen LogP contribution in [0.1, 0.15) is 38.3 Å². The van der Waals surface area contributed by atoms with Crippen LogP contribution in [0.25, 0.3) is 0 Å². The molecule has 0 saturated carbocycles. The summed E-state index contributed by atoms with van der Waals surface area (Å²) in [5.74, 6) is 1.69. The SMILES string of the molecule is CCNC(=NCc1cccc(NC(=O)C(C)CC)c1)NCCc1ccc(OC)cc1. The van der Waals surface area contributed by atoms with Gasteiger partial charge in [0.05, 0.1) is 13.7 Å². The van der Waals surface area contributed by atoms with E-state index in [1.54, 1.807) is 7.11 Å². The van der Waals surface area contributed by atoms with Crippen LogP contribution in [-0.4, -0.2) is 32.1 Å². The molecule has 0 aliphatic heterocycles. The van der Waals surface area contributed by atoms with Crippen LogP contribution in [0, 0.1) is 5.92 Å². The first-order chi connectivity index (χ1) is 14.5. The Morgan fingerprint density at radius 2 is 1.83 bits per heavy atom. The molecule has 0 saturated heterocycles. The Morgan fingerprint density at radius 1 is 1.07 bits per heavy atom. The molecule has 0 aliphatic rings. The van der Waals surface area contributed by atoms with E-state index in [1.165, 1.54) is 5.56 Å². The van der Waals surface area contributed by atoms with Gasteiger partial charge in [0.2, 0.25) is 5.91 Å². The van der Waals surface area contributed by atoms with E-state index in [0.29, 0.717) is 6.54 Å². The highest BCUT2D eigenvalue weighted by molar-refractivity contribution is 5.92. The van der Waals surface area contributed by atoms with Crippen LogP contribution in [0.3, 0.4) is 0 Å². The lowest BCUT2D eigenvalue weighted by atomic mass is 10.1. The number of anilines is 1. The predicted molar refractivity (Wildman–Crippen MR) is 124 cm³/mol. The molecule has 0 spiro atoms. The maximum absolute atomic E-state index is 12.1. The van der Waals surface area contributed by atoms with Gasteiger partial charge in [0.1, 0.15) is 5.75 Å². The van der Waals surface area contributed by atoms with Crippen molar-refractivity contribution in [2.75, 3.05) is 25.5 Å². The van der Waals surface area contributed by atoms with Gasteiger partial charge in [-0.3, -0.25) is 4.79 Å². The molecule has 3 N–H and O–H groups in total. The third-order valence-electron chi connectivity index (χ3n) is 4.88. The fourth-order valence-corrected chi connectivity index (χ4v) is 2.83. The van der Waals surface area contributed by atoms with Crippen LogP contribution in [0.5, 0.6) is 5.75 Å². The lowest BCUT2D eigenvalue weighted by Gasteiger charge is -2.12. The molecule has 1 atom stereocenters. The molecular weight excluding hydrogens is 376 g/mol. The molecule has 0 bridgehead atoms. The summed E-state index contributed by atoms with van der Waals surface area (Å²) in [6.07, 6.45) is 1.72. The first-order valence-corrected chi connectivity index (χ1v) is 10.6. The second kappa shape index (κ2) is 12.5. The van der Waals surface area contributed by atoms with Gasteiger partial charge in [-0.05, 0) is 55.2 Å². The number of carbonyl (C=O) groups is 1. The summed E-state index contributed by atoms with van der Waals surface area (Å²) < 4.78 is 5.20.